The summed E-state index contributed by atoms with van der Waals surface area (Å²) in [7, 11) is 1.97. The summed E-state index contributed by atoms with van der Waals surface area (Å²) in [6, 6.07) is 0. The second-order valence-corrected chi connectivity index (χ2v) is 4.41. The van der Waals surface area contributed by atoms with Gasteiger partial charge in [-0.3, -0.25) is 0 Å². The Bertz CT molecular complexity index is 183. The third-order valence-electron chi connectivity index (χ3n) is 2.84. The molecular weight excluding hydrogens is 210 g/mol. The van der Waals surface area contributed by atoms with E-state index < -0.39 is 5.60 Å². The lowest BCUT2D eigenvalue weighted by Crippen LogP contribution is -2.46. The summed E-state index contributed by atoms with van der Waals surface area (Å²) < 4.78 is 10.4. The molecule has 0 amide bonds. The van der Waals surface area contributed by atoms with Gasteiger partial charge in [-0.25, -0.2) is 0 Å². The van der Waals surface area contributed by atoms with E-state index in [-0.39, 0.29) is 6.61 Å². The van der Waals surface area contributed by atoms with Crippen molar-refractivity contribution in [2.75, 3.05) is 53.2 Å². The minimum Gasteiger partial charge on any atom is -0.394 e. The molecule has 1 saturated heterocycles. The summed E-state index contributed by atoms with van der Waals surface area (Å²) in [4.78, 5) is 2.06. The Morgan fingerprint density at radius 2 is 2.00 bits per heavy atom. The summed E-state index contributed by atoms with van der Waals surface area (Å²) in [5.74, 6) is 0. The number of likely N-dealkylation sites (N-methyl/N-ethyl adjacent to an activating group) is 1. The van der Waals surface area contributed by atoms with Gasteiger partial charge in [0, 0.05) is 39.1 Å². The van der Waals surface area contributed by atoms with E-state index in [1.54, 1.807) is 0 Å². The van der Waals surface area contributed by atoms with Crippen molar-refractivity contribution < 1.29 is 19.7 Å². The van der Waals surface area contributed by atoms with Gasteiger partial charge in [-0.15, -0.1) is 0 Å². The second-order valence-electron chi connectivity index (χ2n) is 4.41. The number of rotatable bonds is 7. The van der Waals surface area contributed by atoms with Gasteiger partial charge in [-0.1, -0.05) is 0 Å². The van der Waals surface area contributed by atoms with E-state index >= 15 is 0 Å². The Labute approximate surface area is 97.0 Å². The van der Waals surface area contributed by atoms with Crippen molar-refractivity contribution in [1.82, 2.24) is 4.90 Å². The lowest BCUT2D eigenvalue weighted by Gasteiger charge is -2.35. The average Bonchev–Trinajstić information content (AvgIpc) is 2.25. The van der Waals surface area contributed by atoms with Gasteiger partial charge in [-0.2, -0.15) is 0 Å². The Morgan fingerprint density at radius 1 is 1.31 bits per heavy atom. The molecule has 1 rings (SSSR count). The lowest BCUT2D eigenvalue weighted by molar-refractivity contribution is -0.0787. The van der Waals surface area contributed by atoms with Gasteiger partial charge < -0.3 is 24.6 Å². The van der Waals surface area contributed by atoms with Crippen molar-refractivity contribution in [3.05, 3.63) is 0 Å². The maximum atomic E-state index is 10.2. The third-order valence-corrected chi connectivity index (χ3v) is 2.84. The highest BCUT2D eigenvalue weighted by molar-refractivity contribution is 4.83. The van der Waals surface area contributed by atoms with Gasteiger partial charge in [0.15, 0.2) is 0 Å². The zero-order chi connectivity index (χ0) is 11.9. The van der Waals surface area contributed by atoms with E-state index in [2.05, 4.69) is 4.90 Å². The van der Waals surface area contributed by atoms with E-state index in [9.17, 15) is 5.11 Å². The number of aliphatic hydroxyl groups excluding tert-OH is 1. The predicted octanol–water partition coefficient (Wildman–Crippen LogP) is -0.531. The predicted molar refractivity (Wildman–Crippen MR) is 60.4 cm³/mol. The molecule has 5 heteroatoms. The van der Waals surface area contributed by atoms with Gasteiger partial charge in [0.1, 0.15) is 0 Å². The van der Waals surface area contributed by atoms with Crippen LogP contribution in [0.15, 0.2) is 0 Å². The fourth-order valence-corrected chi connectivity index (χ4v) is 1.88. The number of hydrogen-bond donors (Lipinski definition) is 2. The van der Waals surface area contributed by atoms with Crippen molar-refractivity contribution in [3.63, 3.8) is 0 Å². The standard InChI is InChI=1S/C11H23NO4/c1-12(4-8-16-9-5-13)10-11(14)2-6-15-7-3-11/h13-14H,2-10H2,1H3. The van der Waals surface area contributed by atoms with E-state index in [0.29, 0.717) is 45.8 Å². The molecule has 0 aromatic heterocycles. The molecule has 16 heavy (non-hydrogen) atoms. The van der Waals surface area contributed by atoms with Crippen molar-refractivity contribution in [1.29, 1.82) is 0 Å². The highest BCUT2D eigenvalue weighted by atomic mass is 16.5. The van der Waals surface area contributed by atoms with Gasteiger partial charge in [0.25, 0.3) is 0 Å². The van der Waals surface area contributed by atoms with Crippen LogP contribution in [0.5, 0.6) is 0 Å². The first kappa shape index (κ1) is 13.9. The molecule has 0 aromatic rings. The normalized spacial score (nSPS) is 20.2. The van der Waals surface area contributed by atoms with Crippen LogP contribution < -0.4 is 0 Å². The highest BCUT2D eigenvalue weighted by Gasteiger charge is 2.30. The Kier molecular flexibility index (Phi) is 6.23. The maximum Gasteiger partial charge on any atom is 0.0817 e. The first-order valence-electron chi connectivity index (χ1n) is 5.83. The van der Waals surface area contributed by atoms with Gasteiger partial charge in [0.05, 0.1) is 25.4 Å². The molecule has 0 aliphatic carbocycles. The quantitative estimate of drug-likeness (QED) is 0.579. The van der Waals surface area contributed by atoms with Crippen LogP contribution in [0.4, 0.5) is 0 Å². The molecule has 0 atom stereocenters. The number of ether oxygens (including phenoxy) is 2. The molecule has 0 saturated carbocycles. The Balaban J connectivity index is 2.14. The zero-order valence-electron chi connectivity index (χ0n) is 10.0. The monoisotopic (exact) mass is 233 g/mol. The Hall–Kier alpha value is -0.200. The van der Waals surface area contributed by atoms with Crippen molar-refractivity contribution in [2.24, 2.45) is 0 Å². The van der Waals surface area contributed by atoms with Crippen LogP contribution in [0.25, 0.3) is 0 Å². The van der Waals surface area contributed by atoms with Crippen molar-refractivity contribution in [3.8, 4) is 0 Å². The van der Waals surface area contributed by atoms with Crippen molar-refractivity contribution >= 4 is 0 Å². The zero-order valence-corrected chi connectivity index (χ0v) is 10.0. The number of nitrogens with zero attached hydrogens (tertiary/aromatic N) is 1. The summed E-state index contributed by atoms with van der Waals surface area (Å²) in [5.41, 5.74) is -0.607. The van der Waals surface area contributed by atoms with Gasteiger partial charge in [0.2, 0.25) is 0 Å². The molecule has 0 bridgehead atoms. The lowest BCUT2D eigenvalue weighted by atomic mass is 9.94. The van der Waals surface area contributed by atoms with Crippen LogP contribution in [0.3, 0.4) is 0 Å². The summed E-state index contributed by atoms with van der Waals surface area (Å²) in [6.07, 6.45) is 1.41. The molecule has 96 valence electrons. The summed E-state index contributed by atoms with van der Waals surface area (Å²) >= 11 is 0. The van der Waals surface area contributed by atoms with Crippen LogP contribution in [-0.4, -0.2) is 73.9 Å². The van der Waals surface area contributed by atoms with Crippen LogP contribution in [-0.2, 0) is 9.47 Å². The molecule has 0 radical (unpaired) electrons. The molecule has 2 N–H and O–H groups in total. The third kappa shape index (κ3) is 5.23. The molecule has 0 spiro atoms. The second kappa shape index (κ2) is 7.19. The van der Waals surface area contributed by atoms with Gasteiger partial charge in [-0.05, 0) is 7.05 Å². The SMILES string of the molecule is CN(CCOCCO)CC1(O)CCOCC1. The fraction of sp³-hybridized carbons (Fsp3) is 1.00. The first-order chi connectivity index (χ1) is 7.66. The fourth-order valence-electron chi connectivity index (χ4n) is 1.88. The average molecular weight is 233 g/mol. The molecule has 5 nitrogen and oxygen atoms in total. The molecule has 0 unspecified atom stereocenters. The minimum absolute atomic E-state index is 0.0605. The molecule has 1 heterocycles. The molecule has 1 fully saturated rings. The molecule has 0 aromatic carbocycles. The molecule has 1 aliphatic heterocycles. The van der Waals surface area contributed by atoms with Crippen LogP contribution in [0.2, 0.25) is 0 Å². The van der Waals surface area contributed by atoms with Gasteiger partial charge >= 0.3 is 0 Å². The topological polar surface area (TPSA) is 62.2 Å². The number of hydrogen-bond acceptors (Lipinski definition) is 5. The Morgan fingerprint density at radius 3 is 2.62 bits per heavy atom. The van der Waals surface area contributed by atoms with E-state index in [1.807, 2.05) is 7.05 Å². The van der Waals surface area contributed by atoms with Crippen LogP contribution in [0.1, 0.15) is 12.8 Å². The summed E-state index contributed by atoms with van der Waals surface area (Å²) in [6.45, 7) is 3.74. The first-order valence-corrected chi connectivity index (χ1v) is 5.83. The van der Waals surface area contributed by atoms with Crippen molar-refractivity contribution in [2.45, 2.75) is 18.4 Å². The molecule has 1 aliphatic rings. The number of aliphatic hydroxyl groups is 2. The smallest absolute Gasteiger partial charge is 0.0817 e. The van der Waals surface area contributed by atoms with E-state index in [0.717, 1.165) is 6.54 Å². The van der Waals surface area contributed by atoms with Crippen LogP contribution >= 0.6 is 0 Å². The minimum atomic E-state index is -0.607. The van der Waals surface area contributed by atoms with E-state index in [1.165, 1.54) is 0 Å². The largest absolute Gasteiger partial charge is 0.394 e. The molecular formula is C11H23NO4. The van der Waals surface area contributed by atoms with E-state index in [4.69, 9.17) is 14.6 Å². The van der Waals surface area contributed by atoms with Crippen LogP contribution in [0, 0.1) is 0 Å². The maximum absolute atomic E-state index is 10.2. The summed E-state index contributed by atoms with van der Waals surface area (Å²) in [5, 5.41) is 18.8. The highest BCUT2D eigenvalue weighted by Crippen LogP contribution is 2.20.